The second kappa shape index (κ2) is 11.3. The topological polar surface area (TPSA) is 26.3 Å². The van der Waals surface area contributed by atoms with E-state index < -0.39 is 18.4 Å². The third-order valence-electron chi connectivity index (χ3n) is 5.27. The zero-order valence-electron chi connectivity index (χ0n) is 15.7. The van der Waals surface area contributed by atoms with Crippen LogP contribution in [-0.4, -0.2) is 31.5 Å². The monoisotopic (exact) mass is 428 g/mol. The molecule has 23 heavy (non-hydrogen) atoms. The number of ether oxygens (including phenoxy) is 1. The van der Waals surface area contributed by atoms with Gasteiger partial charge in [-0.3, -0.25) is 0 Å². The molecule has 0 saturated carbocycles. The van der Waals surface area contributed by atoms with Crippen LogP contribution >= 0.6 is 0 Å². The summed E-state index contributed by atoms with van der Waals surface area (Å²) >= 11 is -2.48. The molecule has 0 unspecified atom stereocenters. The van der Waals surface area contributed by atoms with Crippen molar-refractivity contribution >= 4 is 24.3 Å². The summed E-state index contributed by atoms with van der Waals surface area (Å²) in [6.07, 6.45) is 14.1. The molecule has 0 radical (unpaired) electrons. The molecular weight excluding hydrogens is 391 g/mol. The van der Waals surface area contributed by atoms with Crippen molar-refractivity contribution in [3.8, 4) is 0 Å². The fraction of sp³-hybridized carbons (Fsp3) is 0.750. The molecule has 0 atom stereocenters. The standard InChI is InChI=1S/C8H9O2.3C4H9.Sn/c1-10-8(9)7-5-3-2-4-6-7;3*1-3-4-2;/h2-3H,4-5H2,1H3;3*1,3-4H2,2H3;. The molecule has 0 bridgehead atoms. The van der Waals surface area contributed by atoms with E-state index in [0.29, 0.717) is 0 Å². The zero-order chi connectivity index (χ0) is 17.1. The van der Waals surface area contributed by atoms with Gasteiger partial charge in [-0.1, -0.05) is 0 Å². The molecule has 1 rings (SSSR count). The fourth-order valence-corrected chi connectivity index (χ4v) is 21.4. The van der Waals surface area contributed by atoms with Gasteiger partial charge in [-0.2, -0.15) is 0 Å². The van der Waals surface area contributed by atoms with Crippen molar-refractivity contribution in [2.45, 2.75) is 85.4 Å². The number of esters is 1. The van der Waals surface area contributed by atoms with Gasteiger partial charge in [-0.15, -0.1) is 0 Å². The van der Waals surface area contributed by atoms with Crippen molar-refractivity contribution in [1.29, 1.82) is 0 Å². The number of hydrogen-bond donors (Lipinski definition) is 0. The number of allylic oxidation sites excluding steroid dienone is 3. The summed E-state index contributed by atoms with van der Waals surface area (Å²) < 4.78 is 11.0. The number of methoxy groups -OCH3 is 1. The first-order valence-electron chi connectivity index (χ1n) is 9.61. The Morgan fingerprint density at radius 1 is 0.957 bits per heavy atom. The van der Waals surface area contributed by atoms with Crippen LogP contribution in [0.5, 0.6) is 0 Å². The normalized spacial score (nSPS) is 15.1. The summed E-state index contributed by atoms with van der Waals surface area (Å²) in [6.45, 7) is 6.89. The number of rotatable bonds is 11. The van der Waals surface area contributed by atoms with E-state index in [1.54, 1.807) is 3.59 Å². The van der Waals surface area contributed by atoms with Gasteiger partial charge in [-0.05, 0) is 0 Å². The predicted octanol–water partition coefficient (Wildman–Crippen LogP) is 6.19. The Morgan fingerprint density at radius 2 is 1.43 bits per heavy atom. The molecule has 3 heteroatoms. The molecule has 1 aliphatic carbocycles. The number of carbonyl (C=O) groups is 1. The molecule has 132 valence electrons. The van der Waals surface area contributed by atoms with Gasteiger partial charge in [0.05, 0.1) is 0 Å². The second-order valence-electron chi connectivity index (χ2n) is 6.92. The van der Waals surface area contributed by atoms with Crippen molar-refractivity contribution in [2.75, 3.05) is 7.11 Å². The van der Waals surface area contributed by atoms with Crippen molar-refractivity contribution in [3.05, 3.63) is 21.3 Å². The number of carbonyl (C=O) groups excluding carboxylic acids is 1. The maximum atomic E-state index is 12.4. The minimum atomic E-state index is -2.48. The van der Waals surface area contributed by atoms with Gasteiger partial charge in [0.25, 0.3) is 0 Å². The van der Waals surface area contributed by atoms with Crippen molar-refractivity contribution < 1.29 is 9.53 Å². The van der Waals surface area contributed by atoms with Crippen molar-refractivity contribution in [2.24, 2.45) is 0 Å². The van der Waals surface area contributed by atoms with Crippen molar-refractivity contribution in [3.63, 3.8) is 0 Å². The van der Waals surface area contributed by atoms with E-state index in [1.165, 1.54) is 58.9 Å². The summed E-state index contributed by atoms with van der Waals surface area (Å²) in [5.41, 5.74) is 1.04. The Morgan fingerprint density at radius 3 is 1.87 bits per heavy atom. The Balaban J connectivity index is 3.24. The van der Waals surface area contributed by atoms with Crippen LogP contribution in [0, 0.1) is 0 Å². The van der Waals surface area contributed by atoms with Crippen LogP contribution in [0.3, 0.4) is 0 Å². The molecule has 1 aliphatic rings. The van der Waals surface area contributed by atoms with Gasteiger partial charge in [0.1, 0.15) is 0 Å². The van der Waals surface area contributed by atoms with E-state index in [1.807, 2.05) is 0 Å². The van der Waals surface area contributed by atoms with Crippen LogP contribution in [0.15, 0.2) is 21.3 Å². The van der Waals surface area contributed by atoms with Crippen LogP contribution in [0.25, 0.3) is 0 Å². The molecule has 0 aromatic heterocycles. The third kappa shape index (κ3) is 5.95. The SMILES string of the molecule is CCC[CH2][Sn]([CH2]CCC)([CH2]CCC)[C]1=C(C(=O)OC)CC=CC1. The van der Waals surface area contributed by atoms with Crippen LogP contribution in [0.1, 0.15) is 72.1 Å². The van der Waals surface area contributed by atoms with E-state index in [2.05, 4.69) is 32.9 Å². The van der Waals surface area contributed by atoms with E-state index in [0.717, 1.165) is 18.4 Å². The summed E-state index contributed by atoms with van der Waals surface area (Å²) in [6, 6.07) is 0. The molecule has 0 fully saturated rings. The zero-order valence-corrected chi connectivity index (χ0v) is 18.6. The van der Waals surface area contributed by atoms with Gasteiger partial charge in [-0.25, -0.2) is 0 Å². The van der Waals surface area contributed by atoms with E-state index >= 15 is 0 Å². The Hall–Kier alpha value is -0.251. The average molecular weight is 427 g/mol. The molecule has 0 aromatic rings. The molecule has 0 N–H and O–H groups in total. The van der Waals surface area contributed by atoms with E-state index in [9.17, 15) is 4.79 Å². The van der Waals surface area contributed by atoms with E-state index in [-0.39, 0.29) is 5.97 Å². The van der Waals surface area contributed by atoms with Gasteiger partial charge in [0.2, 0.25) is 0 Å². The molecule has 2 nitrogen and oxygen atoms in total. The second-order valence-corrected chi connectivity index (χ2v) is 20.2. The van der Waals surface area contributed by atoms with Gasteiger partial charge < -0.3 is 0 Å². The molecular formula is C20H36O2Sn. The molecule has 0 saturated heterocycles. The van der Waals surface area contributed by atoms with Crippen LogP contribution in [-0.2, 0) is 9.53 Å². The molecule has 0 amide bonds. The first kappa shape index (κ1) is 20.8. The quantitative estimate of drug-likeness (QED) is 0.223. The van der Waals surface area contributed by atoms with Crippen LogP contribution < -0.4 is 0 Å². The summed E-state index contributed by atoms with van der Waals surface area (Å²) in [7, 11) is 1.53. The summed E-state index contributed by atoms with van der Waals surface area (Å²) in [5, 5.41) is 0. The fourth-order valence-electron chi connectivity index (χ4n) is 3.89. The number of hydrogen-bond acceptors (Lipinski definition) is 2. The molecule has 0 heterocycles. The minimum absolute atomic E-state index is 0.0603. The summed E-state index contributed by atoms with van der Waals surface area (Å²) in [4.78, 5) is 12.4. The first-order valence-corrected chi connectivity index (χ1v) is 17.1. The molecule has 0 aliphatic heterocycles. The maximum absolute atomic E-state index is 12.4. The van der Waals surface area contributed by atoms with Crippen molar-refractivity contribution in [1.82, 2.24) is 0 Å². The Kier molecular flexibility index (Phi) is 10.2. The van der Waals surface area contributed by atoms with Crippen LogP contribution in [0.4, 0.5) is 0 Å². The van der Waals surface area contributed by atoms with Gasteiger partial charge in [0, 0.05) is 0 Å². The Bertz CT molecular complexity index is 402. The Labute approximate surface area is 147 Å². The van der Waals surface area contributed by atoms with Gasteiger partial charge >= 0.3 is 148 Å². The summed E-state index contributed by atoms with van der Waals surface area (Å²) in [5.74, 6) is -0.0603. The predicted molar refractivity (Wildman–Crippen MR) is 102 cm³/mol. The van der Waals surface area contributed by atoms with E-state index in [4.69, 9.17) is 4.74 Å². The van der Waals surface area contributed by atoms with Crippen LogP contribution in [0.2, 0.25) is 13.3 Å². The third-order valence-corrected chi connectivity index (χ3v) is 21.6. The first-order chi connectivity index (χ1) is 11.1. The number of unbranched alkanes of at least 4 members (excludes halogenated alkanes) is 3. The van der Waals surface area contributed by atoms with Gasteiger partial charge in [0.15, 0.2) is 0 Å². The molecule has 0 aromatic carbocycles. The average Bonchev–Trinajstić information content (AvgIpc) is 2.61. The molecule has 0 spiro atoms.